The number of alkyl halides is 1. The number of aliphatic carboxylic acids is 1. The van der Waals surface area contributed by atoms with Gasteiger partial charge in [0.1, 0.15) is 6.17 Å². The molecule has 0 heterocycles. The summed E-state index contributed by atoms with van der Waals surface area (Å²) < 4.78 is 14.5. The highest BCUT2D eigenvalue weighted by atomic mass is 19.1. The monoisotopic (exact) mass is 410 g/mol. The molecule has 0 amide bonds. The van der Waals surface area contributed by atoms with Gasteiger partial charge in [0.15, 0.2) is 0 Å². The molecule has 3 N–H and O–H groups in total. The van der Waals surface area contributed by atoms with E-state index in [0.717, 1.165) is 32.1 Å². The van der Waals surface area contributed by atoms with Crippen LogP contribution in [0.3, 0.4) is 0 Å². The Bertz CT molecular complexity index is 640. The predicted molar refractivity (Wildman–Crippen MR) is 109 cm³/mol. The molecule has 4 aliphatic rings. The van der Waals surface area contributed by atoms with E-state index in [1.807, 2.05) is 0 Å². The van der Waals surface area contributed by atoms with Crippen molar-refractivity contribution in [2.45, 2.75) is 96.9 Å². The molecule has 0 saturated heterocycles. The molecule has 0 aromatic rings. The van der Waals surface area contributed by atoms with Crippen LogP contribution in [0.15, 0.2) is 0 Å². The van der Waals surface area contributed by atoms with Crippen molar-refractivity contribution in [2.75, 3.05) is 0 Å². The summed E-state index contributed by atoms with van der Waals surface area (Å²) in [7, 11) is 0. The highest BCUT2D eigenvalue weighted by Gasteiger charge is 2.63. The molecule has 4 nitrogen and oxygen atoms in total. The molecule has 4 fully saturated rings. The molecule has 4 unspecified atom stereocenters. The third-order valence-electron chi connectivity index (χ3n) is 10.2. The lowest BCUT2D eigenvalue weighted by Gasteiger charge is -2.62. The Morgan fingerprint density at radius 3 is 2.41 bits per heavy atom. The summed E-state index contributed by atoms with van der Waals surface area (Å²) in [6.07, 6.45) is 4.48. The molecule has 5 heteroatoms. The van der Waals surface area contributed by atoms with E-state index in [4.69, 9.17) is 5.11 Å². The number of aliphatic hydroxyl groups is 2. The predicted octanol–water partition coefficient (Wildman–Crippen LogP) is 4.43. The van der Waals surface area contributed by atoms with Gasteiger partial charge in [0, 0.05) is 6.42 Å². The third-order valence-corrected chi connectivity index (χ3v) is 10.2. The first kappa shape index (κ1) is 21.5. The van der Waals surface area contributed by atoms with E-state index in [1.54, 1.807) is 0 Å². The fourth-order valence-electron chi connectivity index (χ4n) is 8.73. The zero-order chi connectivity index (χ0) is 21.1. The van der Waals surface area contributed by atoms with Crippen LogP contribution in [0, 0.1) is 46.3 Å². The first-order valence-electron chi connectivity index (χ1n) is 11.8. The topological polar surface area (TPSA) is 77.8 Å². The number of fused-ring (bicyclic) bond motifs is 5. The average Bonchev–Trinajstić information content (AvgIpc) is 2.99. The second-order valence-electron chi connectivity index (χ2n) is 11.5. The Labute approximate surface area is 174 Å². The van der Waals surface area contributed by atoms with Gasteiger partial charge in [0.05, 0.1) is 12.2 Å². The van der Waals surface area contributed by atoms with Crippen LogP contribution in [0.4, 0.5) is 4.39 Å². The summed E-state index contributed by atoms with van der Waals surface area (Å²) in [5.74, 6) is 1.35. The zero-order valence-corrected chi connectivity index (χ0v) is 18.2. The van der Waals surface area contributed by atoms with Gasteiger partial charge in [0.25, 0.3) is 0 Å². The van der Waals surface area contributed by atoms with E-state index in [0.29, 0.717) is 42.9 Å². The normalized spacial score (nSPS) is 52.9. The van der Waals surface area contributed by atoms with E-state index >= 15 is 0 Å². The largest absolute Gasteiger partial charge is 0.481 e. The summed E-state index contributed by atoms with van der Waals surface area (Å²) >= 11 is 0. The first-order valence-corrected chi connectivity index (χ1v) is 11.8. The van der Waals surface area contributed by atoms with Gasteiger partial charge in [-0.2, -0.15) is 0 Å². The quantitative estimate of drug-likeness (QED) is 0.641. The molecular formula is C24H39FO4. The van der Waals surface area contributed by atoms with Crippen LogP contribution in [0.2, 0.25) is 0 Å². The van der Waals surface area contributed by atoms with E-state index in [2.05, 4.69) is 20.8 Å². The Hall–Kier alpha value is -0.680. The lowest BCUT2D eigenvalue weighted by Crippen LogP contribution is -2.60. The van der Waals surface area contributed by atoms with E-state index in [-0.39, 0.29) is 35.2 Å². The van der Waals surface area contributed by atoms with Gasteiger partial charge < -0.3 is 15.3 Å². The van der Waals surface area contributed by atoms with Crippen LogP contribution in [0.25, 0.3) is 0 Å². The molecule has 0 spiro atoms. The number of carboxylic acids is 1. The van der Waals surface area contributed by atoms with Crippen LogP contribution in [0.1, 0.15) is 78.6 Å². The van der Waals surface area contributed by atoms with Crippen LogP contribution in [0.5, 0.6) is 0 Å². The third kappa shape index (κ3) is 3.35. The zero-order valence-electron chi connectivity index (χ0n) is 18.2. The van der Waals surface area contributed by atoms with Crippen molar-refractivity contribution in [3.05, 3.63) is 0 Å². The fourth-order valence-corrected chi connectivity index (χ4v) is 8.73. The Balaban J connectivity index is 1.57. The van der Waals surface area contributed by atoms with Gasteiger partial charge in [-0.15, -0.1) is 0 Å². The number of aliphatic hydroxyl groups excluding tert-OH is 2. The smallest absolute Gasteiger partial charge is 0.303 e. The summed E-state index contributed by atoms with van der Waals surface area (Å²) in [6, 6.07) is 0. The summed E-state index contributed by atoms with van der Waals surface area (Å²) in [6.45, 7) is 6.81. The molecule has 0 bridgehead atoms. The van der Waals surface area contributed by atoms with Crippen molar-refractivity contribution in [1.82, 2.24) is 0 Å². The minimum Gasteiger partial charge on any atom is -0.481 e. The SMILES string of the molecule is C[C@H](CCC(=O)O)[C@H]1CCC2C3C(O)C[C@@H]4C[C@H](O)[C@@H](F)C[C@]4(C)C3CC[C@@]21C. The van der Waals surface area contributed by atoms with Gasteiger partial charge >= 0.3 is 5.97 Å². The molecule has 11 atom stereocenters. The molecule has 4 rings (SSSR count). The lowest BCUT2D eigenvalue weighted by molar-refractivity contribution is -0.186. The van der Waals surface area contributed by atoms with Crippen molar-refractivity contribution in [2.24, 2.45) is 46.3 Å². The number of hydrogen-bond acceptors (Lipinski definition) is 3. The van der Waals surface area contributed by atoms with Gasteiger partial charge in [-0.05, 0) is 97.7 Å². The van der Waals surface area contributed by atoms with Gasteiger partial charge in [-0.1, -0.05) is 20.8 Å². The Kier molecular flexibility index (Phi) is 5.55. The molecule has 0 radical (unpaired) electrons. The summed E-state index contributed by atoms with van der Waals surface area (Å²) in [5.41, 5.74) is 0.0173. The molecule has 4 aliphatic carbocycles. The van der Waals surface area contributed by atoms with Crippen LogP contribution >= 0.6 is 0 Å². The molecule has 0 aliphatic heterocycles. The van der Waals surface area contributed by atoms with E-state index in [1.165, 1.54) is 0 Å². The van der Waals surface area contributed by atoms with Crippen molar-refractivity contribution < 1.29 is 24.5 Å². The average molecular weight is 411 g/mol. The highest BCUT2D eigenvalue weighted by molar-refractivity contribution is 5.66. The molecular weight excluding hydrogens is 371 g/mol. The van der Waals surface area contributed by atoms with Crippen molar-refractivity contribution in [3.63, 3.8) is 0 Å². The number of hydrogen-bond donors (Lipinski definition) is 3. The van der Waals surface area contributed by atoms with Crippen molar-refractivity contribution >= 4 is 5.97 Å². The van der Waals surface area contributed by atoms with Gasteiger partial charge in [-0.3, -0.25) is 4.79 Å². The fraction of sp³-hybridized carbons (Fsp3) is 0.958. The van der Waals surface area contributed by atoms with Gasteiger partial charge in [-0.25, -0.2) is 4.39 Å². The highest BCUT2D eigenvalue weighted by Crippen LogP contribution is 2.68. The van der Waals surface area contributed by atoms with E-state index in [9.17, 15) is 19.4 Å². The standard InChI is InChI=1S/C24H39FO4/c1-13(4-7-21(28)29)15-5-6-16-22-17(8-9-23(15,16)2)24(3)12-18(25)19(26)10-14(24)11-20(22)27/h13-20,22,26-27H,4-12H2,1-3H3,(H,28,29)/t13-,14+,15-,16?,17?,18+,19+,20?,22?,23-,24+/m1/s1. The van der Waals surface area contributed by atoms with Crippen molar-refractivity contribution in [1.29, 1.82) is 0 Å². The first-order chi connectivity index (χ1) is 13.6. The summed E-state index contributed by atoms with van der Waals surface area (Å²) in [4.78, 5) is 11.0. The summed E-state index contributed by atoms with van der Waals surface area (Å²) in [5, 5.41) is 30.4. The maximum absolute atomic E-state index is 14.5. The minimum absolute atomic E-state index is 0.128. The second-order valence-corrected chi connectivity index (χ2v) is 11.5. The number of carbonyl (C=O) groups is 1. The molecule has 0 aromatic carbocycles. The lowest BCUT2D eigenvalue weighted by atomic mass is 9.43. The second kappa shape index (κ2) is 7.47. The molecule has 29 heavy (non-hydrogen) atoms. The minimum atomic E-state index is -1.15. The molecule has 4 saturated carbocycles. The number of carboxylic acid groups (broad SMARTS) is 1. The number of rotatable bonds is 4. The maximum Gasteiger partial charge on any atom is 0.303 e. The van der Waals surface area contributed by atoms with Crippen LogP contribution in [-0.4, -0.2) is 39.7 Å². The maximum atomic E-state index is 14.5. The molecule has 0 aromatic heterocycles. The van der Waals surface area contributed by atoms with Crippen molar-refractivity contribution in [3.8, 4) is 0 Å². The van der Waals surface area contributed by atoms with E-state index < -0.39 is 18.2 Å². The number of halogens is 1. The Morgan fingerprint density at radius 1 is 1.07 bits per heavy atom. The molecule has 166 valence electrons. The van der Waals surface area contributed by atoms with Crippen LogP contribution < -0.4 is 0 Å². The van der Waals surface area contributed by atoms with Crippen LogP contribution in [-0.2, 0) is 4.79 Å². The Morgan fingerprint density at radius 2 is 1.72 bits per heavy atom. The van der Waals surface area contributed by atoms with Gasteiger partial charge in [0.2, 0.25) is 0 Å².